The summed E-state index contributed by atoms with van der Waals surface area (Å²) in [5, 5.41) is 3.39. The molecule has 14 heavy (non-hydrogen) atoms. The molecule has 2 rings (SSSR count). The van der Waals surface area contributed by atoms with E-state index in [0.29, 0.717) is 17.9 Å². The van der Waals surface area contributed by atoms with Crippen LogP contribution in [0, 0.1) is 5.92 Å². The van der Waals surface area contributed by atoms with Gasteiger partial charge in [-0.1, -0.05) is 6.92 Å². The van der Waals surface area contributed by atoms with Gasteiger partial charge in [0.2, 0.25) is 0 Å². The fraction of sp³-hybridized carbons (Fsp3) is 0.727. The molecule has 0 aromatic carbocycles. The maximum Gasteiger partial charge on any atom is 0.111 e. The summed E-state index contributed by atoms with van der Waals surface area (Å²) in [6, 6.07) is 0.664. The van der Waals surface area contributed by atoms with Crippen molar-refractivity contribution in [2.24, 2.45) is 13.0 Å². The summed E-state index contributed by atoms with van der Waals surface area (Å²) in [7, 11) is 4.14. The van der Waals surface area contributed by atoms with Gasteiger partial charge in [-0.25, -0.2) is 4.98 Å². The molecule has 0 bridgehead atoms. The highest BCUT2D eigenvalue weighted by Gasteiger charge is 2.34. The second-order valence-corrected chi connectivity index (χ2v) is 4.33. The predicted molar refractivity (Wildman–Crippen MR) is 57.2 cm³/mol. The molecule has 0 amide bonds. The second kappa shape index (κ2) is 3.73. The molecule has 1 fully saturated rings. The van der Waals surface area contributed by atoms with Crippen molar-refractivity contribution in [1.29, 1.82) is 0 Å². The fourth-order valence-corrected chi connectivity index (χ4v) is 2.67. The molecule has 1 heterocycles. The lowest BCUT2D eigenvalue weighted by atomic mass is 9.95. The van der Waals surface area contributed by atoms with Crippen molar-refractivity contribution in [3.05, 3.63) is 18.2 Å². The van der Waals surface area contributed by atoms with Crippen LogP contribution in [0.3, 0.4) is 0 Å². The molecular weight excluding hydrogens is 174 g/mol. The highest BCUT2D eigenvalue weighted by molar-refractivity contribution is 5.07. The third kappa shape index (κ3) is 1.46. The Bertz CT molecular complexity index is 305. The van der Waals surface area contributed by atoms with Crippen LogP contribution in [-0.4, -0.2) is 22.6 Å². The number of rotatable bonds is 2. The minimum atomic E-state index is 0.632. The number of aryl methyl sites for hydroxylation is 1. The summed E-state index contributed by atoms with van der Waals surface area (Å²) in [5.41, 5.74) is 0. The molecule has 78 valence electrons. The van der Waals surface area contributed by atoms with E-state index in [1.165, 1.54) is 18.7 Å². The SMILES string of the molecule is CNC1CCC(c2nccn2C)C1C. The molecule has 1 N–H and O–H groups in total. The van der Waals surface area contributed by atoms with Gasteiger partial charge in [0.25, 0.3) is 0 Å². The highest BCUT2D eigenvalue weighted by atomic mass is 15.0. The van der Waals surface area contributed by atoms with Crippen LogP contribution in [0.25, 0.3) is 0 Å². The van der Waals surface area contributed by atoms with E-state index in [0.717, 1.165) is 0 Å². The average molecular weight is 193 g/mol. The number of aromatic nitrogens is 2. The van der Waals surface area contributed by atoms with Gasteiger partial charge in [0, 0.05) is 31.4 Å². The number of hydrogen-bond donors (Lipinski definition) is 1. The van der Waals surface area contributed by atoms with Crippen LogP contribution in [0.2, 0.25) is 0 Å². The van der Waals surface area contributed by atoms with Crippen LogP contribution >= 0.6 is 0 Å². The van der Waals surface area contributed by atoms with Crippen molar-refractivity contribution in [2.45, 2.75) is 31.7 Å². The number of nitrogens with one attached hydrogen (secondary N) is 1. The van der Waals surface area contributed by atoms with Crippen LogP contribution in [0.15, 0.2) is 12.4 Å². The summed E-state index contributed by atoms with van der Waals surface area (Å²) in [6.45, 7) is 2.33. The van der Waals surface area contributed by atoms with Crippen LogP contribution < -0.4 is 5.32 Å². The number of imidazole rings is 1. The summed E-state index contributed by atoms with van der Waals surface area (Å²) in [5.74, 6) is 2.57. The maximum absolute atomic E-state index is 4.45. The highest BCUT2D eigenvalue weighted by Crippen LogP contribution is 2.38. The summed E-state index contributed by atoms with van der Waals surface area (Å²) in [6.07, 6.45) is 6.47. The molecule has 1 aliphatic carbocycles. The lowest BCUT2D eigenvalue weighted by molar-refractivity contribution is 0.415. The molecule has 1 saturated carbocycles. The Labute approximate surface area is 85.5 Å². The third-order valence-electron chi connectivity index (χ3n) is 3.62. The zero-order valence-electron chi connectivity index (χ0n) is 9.20. The monoisotopic (exact) mass is 193 g/mol. The first kappa shape index (κ1) is 9.71. The van der Waals surface area contributed by atoms with E-state index in [2.05, 4.69) is 35.9 Å². The minimum absolute atomic E-state index is 0.632. The van der Waals surface area contributed by atoms with Gasteiger partial charge in [-0.15, -0.1) is 0 Å². The van der Waals surface area contributed by atoms with Crippen molar-refractivity contribution in [2.75, 3.05) is 7.05 Å². The van der Waals surface area contributed by atoms with Crippen molar-refractivity contribution < 1.29 is 0 Å². The molecule has 3 unspecified atom stereocenters. The molecule has 3 atom stereocenters. The number of hydrogen-bond acceptors (Lipinski definition) is 2. The van der Waals surface area contributed by atoms with Gasteiger partial charge in [0.05, 0.1) is 0 Å². The molecule has 1 aromatic rings. The number of nitrogens with zero attached hydrogens (tertiary/aromatic N) is 2. The predicted octanol–water partition coefficient (Wildman–Crippen LogP) is 1.52. The Hall–Kier alpha value is -0.830. The smallest absolute Gasteiger partial charge is 0.111 e. The van der Waals surface area contributed by atoms with Crippen LogP contribution in [-0.2, 0) is 7.05 Å². The van der Waals surface area contributed by atoms with E-state index in [-0.39, 0.29) is 0 Å². The third-order valence-corrected chi connectivity index (χ3v) is 3.62. The van der Waals surface area contributed by atoms with E-state index >= 15 is 0 Å². The summed E-state index contributed by atoms with van der Waals surface area (Å²) >= 11 is 0. The van der Waals surface area contributed by atoms with E-state index in [9.17, 15) is 0 Å². The lowest BCUT2D eigenvalue weighted by Crippen LogP contribution is -2.29. The first-order chi connectivity index (χ1) is 6.74. The van der Waals surface area contributed by atoms with Crippen LogP contribution in [0.4, 0.5) is 0 Å². The quantitative estimate of drug-likeness (QED) is 0.772. The normalized spacial score (nSPS) is 32.4. The molecule has 1 aliphatic rings. The van der Waals surface area contributed by atoms with Crippen molar-refractivity contribution in [3.63, 3.8) is 0 Å². The molecule has 3 heteroatoms. The molecule has 3 nitrogen and oxygen atoms in total. The van der Waals surface area contributed by atoms with Crippen LogP contribution in [0.1, 0.15) is 31.5 Å². The Morgan fingerprint density at radius 1 is 1.50 bits per heavy atom. The van der Waals surface area contributed by atoms with Crippen LogP contribution in [0.5, 0.6) is 0 Å². The topological polar surface area (TPSA) is 29.9 Å². The molecule has 0 radical (unpaired) electrons. The zero-order valence-corrected chi connectivity index (χ0v) is 9.20. The largest absolute Gasteiger partial charge is 0.338 e. The van der Waals surface area contributed by atoms with E-state index < -0.39 is 0 Å². The summed E-state index contributed by atoms with van der Waals surface area (Å²) < 4.78 is 2.15. The molecule has 0 spiro atoms. The second-order valence-electron chi connectivity index (χ2n) is 4.33. The van der Waals surface area contributed by atoms with Gasteiger partial charge in [0.1, 0.15) is 5.82 Å². The van der Waals surface area contributed by atoms with Gasteiger partial charge >= 0.3 is 0 Å². The van der Waals surface area contributed by atoms with Gasteiger partial charge < -0.3 is 9.88 Å². The summed E-state index contributed by atoms with van der Waals surface area (Å²) in [4.78, 5) is 4.45. The maximum atomic E-state index is 4.45. The standard InChI is InChI=1S/C11H19N3/c1-8-9(4-5-10(8)12-2)11-13-6-7-14(11)3/h6-10,12H,4-5H2,1-3H3. The Morgan fingerprint density at radius 2 is 2.29 bits per heavy atom. The lowest BCUT2D eigenvalue weighted by Gasteiger charge is -2.19. The molecular formula is C11H19N3. The van der Waals surface area contributed by atoms with E-state index in [1.54, 1.807) is 0 Å². The van der Waals surface area contributed by atoms with Gasteiger partial charge in [-0.2, -0.15) is 0 Å². The first-order valence-corrected chi connectivity index (χ1v) is 5.38. The van der Waals surface area contributed by atoms with Crippen molar-refractivity contribution in [3.8, 4) is 0 Å². The Balaban J connectivity index is 2.18. The Morgan fingerprint density at radius 3 is 2.79 bits per heavy atom. The molecule has 0 saturated heterocycles. The van der Waals surface area contributed by atoms with Crippen molar-refractivity contribution in [1.82, 2.24) is 14.9 Å². The fourth-order valence-electron chi connectivity index (χ4n) is 2.67. The van der Waals surface area contributed by atoms with E-state index in [4.69, 9.17) is 0 Å². The first-order valence-electron chi connectivity index (χ1n) is 5.38. The van der Waals surface area contributed by atoms with Crippen molar-refractivity contribution >= 4 is 0 Å². The zero-order chi connectivity index (χ0) is 10.1. The average Bonchev–Trinajstić information content (AvgIpc) is 2.72. The molecule has 1 aromatic heterocycles. The Kier molecular flexibility index (Phi) is 2.59. The van der Waals surface area contributed by atoms with Gasteiger partial charge in [-0.05, 0) is 25.8 Å². The molecule has 0 aliphatic heterocycles. The van der Waals surface area contributed by atoms with Gasteiger partial charge in [0.15, 0.2) is 0 Å². The van der Waals surface area contributed by atoms with Gasteiger partial charge in [-0.3, -0.25) is 0 Å². The van der Waals surface area contributed by atoms with E-state index in [1.807, 2.05) is 12.4 Å². The minimum Gasteiger partial charge on any atom is -0.338 e.